The summed E-state index contributed by atoms with van der Waals surface area (Å²) in [5.41, 5.74) is 2.64. The van der Waals surface area contributed by atoms with Crippen molar-refractivity contribution in [2.24, 2.45) is 0 Å². The first-order valence-corrected chi connectivity index (χ1v) is 10.9. The molecule has 8 heteroatoms. The van der Waals surface area contributed by atoms with Crippen LogP contribution in [0.25, 0.3) is 0 Å². The van der Waals surface area contributed by atoms with Crippen LogP contribution < -0.4 is 16.0 Å². The Balaban J connectivity index is 1.35. The molecular weight excluding hydrogens is 408 g/mol. The summed E-state index contributed by atoms with van der Waals surface area (Å²) in [5.74, 6) is -1.62. The third-order valence-electron chi connectivity index (χ3n) is 6.55. The van der Waals surface area contributed by atoms with E-state index >= 15 is 0 Å². The monoisotopic (exact) mass is 432 g/mol. The number of hydrogen-bond donors (Lipinski definition) is 3. The summed E-state index contributed by atoms with van der Waals surface area (Å²) in [6.07, 6.45) is 0.254. The maximum atomic E-state index is 13.2. The zero-order valence-corrected chi connectivity index (χ0v) is 17.5. The molecule has 0 radical (unpaired) electrons. The van der Waals surface area contributed by atoms with Gasteiger partial charge in [0.1, 0.15) is 6.04 Å². The smallest absolute Gasteiger partial charge is 0.262 e. The normalized spacial score (nSPS) is 25.2. The van der Waals surface area contributed by atoms with Gasteiger partial charge in [0, 0.05) is 38.0 Å². The molecule has 32 heavy (non-hydrogen) atoms. The third kappa shape index (κ3) is 3.51. The second-order valence-electron chi connectivity index (χ2n) is 8.45. The van der Waals surface area contributed by atoms with Gasteiger partial charge in [-0.15, -0.1) is 0 Å². The molecule has 4 amide bonds. The molecular formula is C24H24N4O4. The summed E-state index contributed by atoms with van der Waals surface area (Å²) in [6, 6.07) is 14.7. The first kappa shape index (κ1) is 20.5. The number of benzene rings is 2. The predicted octanol–water partition coefficient (Wildman–Crippen LogP) is 0.933. The summed E-state index contributed by atoms with van der Waals surface area (Å²) in [5, 5.41) is 9.20. The van der Waals surface area contributed by atoms with E-state index < -0.39 is 23.8 Å². The van der Waals surface area contributed by atoms with Crippen molar-refractivity contribution in [3.05, 3.63) is 70.8 Å². The van der Waals surface area contributed by atoms with E-state index in [-0.39, 0.29) is 24.8 Å². The fourth-order valence-corrected chi connectivity index (χ4v) is 4.92. The number of nitrogens with zero attached hydrogens (tertiary/aromatic N) is 1. The minimum atomic E-state index is -0.956. The van der Waals surface area contributed by atoms with Gasteiger partial charge in [0.05, 0.1) is 11.1 Å². The molecule has 2 fully saturated rings. The molecule has 0 spiro atoms. The number of amides is 4. The molecule has 2 saturated heterocycles. The quantitative estimate of drug-likeness (QED) is 0.607. The van der Waals surface area contributed by atoms with E-state index in [0.717, 1.165) is 23.6 Å². The summed E-state index contributed by atoms with van der Waals surface area (Å²) in [6.45, 7) is 2.11. The molecule has 2 aromatic carbocycles. The lowest BCUT2D eigenvalue weighted by Gasteiger charge is -2.27. The molecule has 5 rings (SSSR count). The molecule has 3 aliphatic heterocycles. The maximum Gasteiger partial charge on any atom is 0.262 e. The minimum absolute atomic E-state index is 0.105. The Morgan fingerprint density at radius 1 is 0.938 bits per heavy atom. The van der Waals surface area contributed by atoms with Crippen LogP contribution in [0.1, 0.15) is 50.6 Å². The highest BCUT2D eigenvalue weighted by Gasteiger charge is 2.45. The van der Waals surface area contributed by atoms with Gasteiger partial charge in [0.25, 0.3) is 11.8 Å². The van der Waals surface area contributed by atoms with Crippen molar-refractivity contribution in [3.8, 4) is 0 Å². The van der Waals surface area contributed by atoms with Crippen molar-refractivity contribution in [3.63, 3.8) is 0 Å². The predicted molar refractivity (Wildman–Crippen MR) is 116 cm³/mol. The number of nitrogens with one attached hydrogen (secondary N) is 3. The Morgan fingerprint density at radius 3 is 2.53 bits per heavy atom. The van der Waals surface area contributed by atoms with Gasteiger partial charge in [-0.25, -0.2) is 0 Å². The molecule has 0 aliphatic carbocycles. The van der Waals surface area contributed by atoms with E-state index in [9.17, 15) is 19.2 Å². The van der Waals surface area contributed by atoms with Gasteiger partial charge in [-0.2, -0.15) is 0 Å². The van der Waals surface area contributed by atoms with Gasteiger partial charge >= 0.3 is 0 Å². The molecule has 3 N–H and O–H groups in total. The van der Waals surface area contributed by atoms with Gasteiger partial charge in [-0.1, -0.05) is 42.5 Å². The van der Waals surface area contributed by atoms with Gasteiger partial charge in [-0.05, 0) is 23.6 Å². The topological polar surface area (TPSA) is 108 Å². The molecule has 0 saturated carbocycles. The third-order valence-corrected chi connectivity index (χ3v) is 6.55. The van der Waals surface area contributed by atoms with Crippen molar-refractivity contribution < 1.29 is 19.2 Å². The molecule has 3 aliphatic rings. The zero-order valence-electron chi connectivity index (χ0n) is 17.5. The van der Waals surface area contributed by atoms with E-state index in [0.29, 0.717) is 23.6 Å². The van der Waals surface area contributed by atoms with Crippen LogP contribution in [0.15, 0.2) is 48.5 Å². The van der Waals surface area contributed by atoms with Gasteiger partial charge in [-0.3, -0.25) is 29.4 Å². The average Bonchev–Trinajstić information content (AvgIpc) is 3.37. The largest absolute Gasteiger partial charge is 0.314 e. The summed E-state index contributed by atoms with van der Waals surface area (Å²) in [4.78, 5) is 51.0. The number of carbonyl (C=O) groups excluding carboxylic acids is 4. The minimum Gasteiger partial charge on any atom is -0.314 e. The van der Waals surface area contributed by atoms with E-state index in [2.05, 4.69) is 28.1 Å². The van der Waals surface area contributed by atoms with Crippen LogP contribution in [-0.2, 0) is 16.1 Å². The second-order valence-corrected chi connectivity index (χ2v) is 8.45. The molecule has 3 atom stereocenters. The number of piperidine rings is 1. The molecule has 164 valence electrons. The maximum absolute atomic E-state index is 13.2. The highest BCUT2D eigenvalue weighted by Crippen LogP contribution is 2.30. The Hall–Kier alpha value is -3.36. The second kappa shape index (κ2) is 8.29. The summed E-state index contributed by atoms with van der Waals surface area (Å²) >= 11 is 0. The average molecular weight is 432 g/mol. The van der Waals surface area contributed by atoms with Gasteiger partial charge in [0.15, 0.2) is 0 Å². The highest BCUT2D eigenvalue weighted by atomic mass is 16.2. The Bertz CT molecular complexity index is 1100. The van der Waals surface area contributed by atoms with Crippen LogP contribution in [0, 0.1) is 0 Å². The first-order chi connectivity index (χ1) is 15.5. The van der Waals surface area contributed by atoms with Crippen molar-refractivity contribution in [2.45, 2.75) is 37.4 Å². The van der Waals surface area contributed by atoms with Crippen molar-refractivity contribution in [1.29, 1.82) is 0 Å². The van der Waals surface area contributed by atoms with Gasteiger partial charge in [0.2, 0.25) is 11.8 Å². The van der Waals surface area contributed by atoms with Crippen LogP contribution in [0.4, 0.5) is 0 Å². The lowest BCUT2D eigenvalue weighted by Crippen LogP contribution is -2.54. The number of hydrogen-bond acceptors (Lipinski definition) is 6. The molecule has 0 aromatic heterocycles. The molecule has 8 nitrogen and oxygen atoms in total. The lowest BCUT2D eigenvalue weighted by molar-refractivity contribution is -0.136. The molecule has 3 heterocycles. The van der Waals surface area contributed by atoms with Crippen LogP contribution in [-0.4, -0.2) is 53.7 Å². The SMILES string of the molecule is O=C1CCC(N2C(=O)c3cccc(CN[C@@H]4CNC[C@H]4c4ccccc4)c3C2=O)C(=O)N1. The number of imide groups is 2. The lowest BCUT2D eigenvalue weighted by atomic mass is 9.94. The van der Waals surface area contributed by atoms with E-state index in [4.69, 9.17) is 0 Å². The van der Waals surface area contributed by atoms with E-state index in [1.807, 2.05) is 24.3 Å². The fourth-order valence-electron chi connectivity index (χ4n) is 4.92. The molecule has 0 bridgehead atoms. The summed E-state index contributed by atoms with van der Waals surface area (Å²) in [7, 11) is 0. The van der Waals surface area contributed by atoms with Crippen molar-refractivity contribution >= 4 is 23.6 Å². The highest BCUT2D eigenvalue weighted by molar-refractivity contribution is 6.24. The van der Waals surface area contributed by atoms with E-state index in [1.165, 1.54) is 5.56 Å². The van der Waals surface area contributed by atoms with Gasteiger partial charge < -0.3 is 10.6 Å². The molecule has 2 aromatic rings. The summed E-state index contributed by atoms with van der Waals surface area (Å²) < 4.78 is 0. The number of rotatable bonds is 5. The number of fused-ring (bicyclic) bond motifs is 1. The van der Waals surface area contributed by atoms with Crippen LogP contribution >= 0.6 is 0 Å². The Labute approximate surface area is 185 Å². The number of carbonyl (C=O) groups is 4. The molecule has 1 unspecified atom stereocenters. The van der Waals surface area contributed by atoms with Crippen LogP contribution in [0.3, 0.4) is 0 Å². The first-order valence-electron chi connectivity index (χ1n) is 10.9. The fraction of sp³-hybridized carbons (Fsp3) is 0.333. The van der Waals surface area contributed by atoms with E-state index in [1.54, 1.807) is 12.1 Å². The van der Waals surface area contributed by atoms with Crippen molar-refractivity contribution in [1.82, 2.24) is 20.9 Å². The Morgan fingerprint density at radius 2 is 1.75 bits per heavy atom. The Kier molecular flexibility index (Phi) is 5.32. The zero-order chi connectivity index (χ0) is 22.2. The van der Waals surface area contributed by atoms with Crippen LogP contribution in [0.2, 0.25) is 0 Å². The van der Waals surface area contributed by atoms with Crippen molar-refractivity contribution in [2.75, 3.05) is 13.1 Å². The van der Waals surface area contributed by atoms with Crippen LogP contribution in [0.5, 0.6) is 0 Å². The standard InChI is InChI=1S/C24H24N4O4/c29-20-10-9-19(22(30)27-20)28-23(31)16-8-4-7-15(21(16)24(28)32)11-26-18-13-25-12-17(18)14-5-2-1-3-6-14/h1-8,17-19,25-26H,9-13H2,(H,27,29,30)/t17-,18+,19?/m0/s1.